The van der Waals surface area contributed by atoms with E-state index in [0.29, 0.717) is 24.3 Å². The number of aryl methyl sites for hydroxylation is 1. The van der Waals surface area contributed by atoms with Gasteiger partial charge in [0, 0.05) is 25.3 Å². The van der Waals surface area contributed by atoms with Gasteiger partial charge in [-0.1, -0.05) is 36.8 Å². The number of carbonyl (C=O) groups is 1. The molecule has 170 valence electrons. The van der Waals surface area contributed by atoms with Gasteiger partial charge in [-0.2, -0.15) is 0 Å². The fourth-order valence-electron chi connectivity index (χ4n) is 4.58. The maximum atomic E-state index is 12.7. The Morgan fingerprint density at radius 1 is 1.06 bits per heavy atom. The lowest BCUT2D eigenvalue weighted by Crippen LogP contribution is -2.47. The number of nitrogens with one attached hydrogen (secondary N) is 2. The highest BCUT2D eigenvalue weighted by molar-refractivity contribution is 5.89. The molecule has 0 spiro atoms. The Morgan fingerprint density at radius 3 is 2.70 bits per heavy atom. The number of carbonyl (C=O) groups excluding carboxylic acids is 1. The Bertz CT molecular complexity index is 1350. The molecule has 2 N–H and O–H groups in total. The first-order chi connectivity index (χ1) is 16.1. The first-order valence-electron chi connectivity index (χ1n) is 11.3. The molecule has 1 saturated heterocycles. The van der Waals surface area contributed by atoms with E-state index in [1.54, 1.807) is 11.6 Å². The summed E-state index contributed by atoms with van der Waals surface area (Å²) >= 11 is 0. The molecule has 5 rings (SSSR count). The van der Waals surface area contributed by atoms with Crippen molar-refractivity contribution in [3.63, 3.8) is 0 Å². The van der Waals surface area contributed by atoms with E-state index in [9.17, 15) is 9.59 Å². The van der Waals surface area contributed by atoms with Crippen LogP contribution in [0, 0.1) is 0 Å². The summed E-state index contributed by atoms with van der Waals surface area (Å²) in [4.78, 5) is 27.4. The van der Waals surface area contributed by atoms with E-state index in [2.05, 4.69) is 25.7 Å². The normalized spacial score (nSPS) is 16.8. The largest absolute Gasteiger partial charge is 0.336 e. The Balaban J connectivity index is 1.35. The summed E-state index contributed by atoms with van der Waals surface area (Å²) < 4.78 is 3.51. The van der Waals surface area contributed by atoms with E-state index in [-0.39, 0.29) is 17.6 Å². The van der Waals surface area contributed by atoms with E-state index in [1.807, 2.05) is 59.0 Å². The maximum absolute atomic E-state index is 12.7. The van der Waals surface area contributed by atoms with Gasteiger partial charge in [0.15, 0.2) is 5.82 Å². The van der Waals surface area contributed by atoms with Crippen molar-refractivity contribution in [2.75, 3.05) is 18.4 Å². The van der Waals surface area contributed by atoms with Crippen LogP contribution in [-0.2, 0) is 13.6 Å². The van der Waals surface area contributed by atoms with Crippen molar-refractivity contribution < 1.29 is 4.79 Å². The van der Waals surface area contributed by atoms with Crippen LogP contribution in [0.1, 0.15) is 25.1 Å². The number of rotatable bonds is 5. The van der Waals surface area contributed by atoms with Crippen LogP contribution in [0.3, 0.4) is 0 Å². The maximum Gasteiger partial charge on any atom is 0.319 e. The molecule has 1 atom stereocenters. The molecule has 2 aromatic heterocycles. The summed E-state index contributed by atoms with van der Waals surface area (Å²) in [7, 11) is 1.72. The molecule has 1 aliphatic heterocycles. The smallest absolute Gasteiger partial charge is 0.319 e. The molecule has 9 nitrogen and oxygen atoms in total. The van der Waals surface area contributed by atoms with Crippen LogP contribution in [0.2, 0.25) is 0 Å². The third-order valence-electron chi connectivity index (χ3n) is 6.32. The molecule has 0 aliphatic carbocycles. The minimum absolute atomic E-state index is 0.0819. The Morgan fingerprint density at radius 2 is 1.85 bits per heavy atom. The van der Waals surface area contributed by atoms with Crippen molar-refractivity contribution in [1.82, 2.24) is 29.4 Å². The van der Waals surface area contributed by atoms with E-state index in [4.69, 9.17) is 0 Å². The lowest BCUT2D eigenvalue weighted by Gasteiger charge is -2.35. The van der Waals surface area contributed by atoms with Crippen molar-refractivity contribution in [1.29, 1.82) is 0 Å². The molecule has 9 heteroatoms. The van der Waals surface area contributed by atoms with Gasteiger partial charge in [-0.05, 0) is 43.7 Å². The standard InChI is InChI=1S/C24H27N7O2/c1-29-22(32)19-12-5-6-13-20(19)31-21(27-28-24(29)31)16-30-14-8-7-11-18(30)15-25-23(33)26-17-9-3-2-4-10-17/h2-6,9-10,12-13,18H,7-8,11,14-16H2,1H3,(H2,25,26,33). The van der Waals surface area contributed by atoms with Crippen LogP contribution >= 0.6 is 0 Å². The number of hydrogen-bond acceptors (Lipinski definition) is 5. The van der Waals surface area contributed by atoms with Crippen LogP contribution in [0.5, 0.6) is 0 Å². The zero-order chi connectivity index (χ0) is 22.8. The number of fused-ring (bicyclic) bond motifs is 3. The number of nitrogens with zero attached hydrogens (tertiary/aromatic N) is 5. The fraction of sp³-hybridized carbons (Fsp3) is 0.333. The number of para-hydroxylation sites is 2. The highest BCUT2D eigenvalue weighted by Gasteiger charge is 2.25. The SMILES string of the molecule is Cn1c(=O)c2ccccc2n2c(CN3CCCCC3CNC(=O)Nc3ccccc3)nnc12. The molecule has 0 radical (unpaired) electrons. The predicted molar refractivity (Wildman–Crippen MR) is 127 cm³/mol. The van der Waals surface area contributed by atoms with Crippen molar-refractivity contribution in [3.05, 3.63) is 70.8 Å². The van der Waals surface area contributed by atoms with E-state index in [1.165, 1.54) is 0 Å². The van der Waals surface area contributed by atoms with Crippen LogP contribution in [0.25, 0.3) is 16.7 Å². The number of likely N-dealkylation sites (tertiary alicyclic amines) is 1. The van der Waals surface area contributed by atoms with Gasteiger partial charge < -0.3 is 10.6 Å². The second-order valence-electron chi connectivity index (χ2n) is 8.45. The van der Waals surface area contributed by atoms with Gasteiger partial charge in [0.2, 0.25) is 5.78 Å². The van der Waals surface area contributed by atoms with E-state index in [0.717, 1.165) is 42.8 Å². The monoisotopic (exact) mass is 445 g/mol. The number of piperidine rings is 1. The number of benzene rings is 2. The van der Waals surface area contributed by atoms with E-state index < -0.39 is 0 Å². The van der Waals surface area contributed by atoms with Gasteiger partial charge in [0.25, 0.3) is 5.56 Å². The Hall–Kier alpha value is -3.72. The van der Waals surface area contributed by atoms with Crippen LogP contribution in [0.4, 0.5) is 10.5 Å². The van der Waals surface area contributed by atoms with Crippen LogP contribution in [0.15, 0.2) is 59.4 Å². The fourth-order valence-corrected chi connectivity index (χ4v) is 4.58. The van der Waals surface area contributed by atoms with Gasteiger partial charge in [-0.3, -0.25) is 18.7 Å². The summed E-state index contributed by atoms with van der Waals surface area (Å²) in [6.45, 7) is 2.07. The summed E-state index contributed by atoms with van der Waals surface area (Å²) in [5, 5.41) is 15.3. The predicted octanol–water partition coefficient (Wildman–Crippen LogP) is 2.76. The van der Waals surface area contributed by atoms with Crippen LogP contribution in [-0.4, -0.2) is 49.2 Å². The molecule has 0 saturated carbocycles. The molecule has 4 aromatic rings. The zero-order valence-electron chi connectivity index (χ0n) is 18.6. The van der Waals surface area contributed by atoms with Gasteiger partial charge in [-0.25, -0.2) is 4.79 Å². The quantitative estimate of drug-likeness (QED) is 0.492. The van der Waals surface area contributed by atoms with Crippen molar-refractivity contribution >= 4 is 28.4 Å². The van der Waals surface area contributed by atoms with Crippen molar-refractivity contribution in [2.45, 2.75) is 31.8 Å². The third kappa shape index (κ3) is 4.19. The van der Waals surface area contributed by atoms with Gasteiger partial charge in [0.1, 0.15) is 0 Å². The highest BCUT2D eigenvalue weighted by atomic mass is 16.2. The van der Waals surface area contributed by atoms with Crippen LogP contribution < -0.4 is 16.2 Å². The zero-order valence-corrected chi connectivity index (χ0v) is 18.6. The second kappa shape index (κ2) is 9.03. The lowest BCUT2D eigenvalue weighted by atomic mass is 10.0. The number of urea groups is 1. The molecular weight excluding hydrogens is 418 g/mol. The number of hydrogen-bond donors (Lipinski definition) is 2. The topological polar surface area (TPSA) is 96.6 Å². The first-order valence-corrected chi connectivity index (χ1v) is 11.3. The molecule has 1 fully saturated rings. The molecule has 3 heterocycles. The third-order valence-corrected chi connectivity index (χ3v) is 6.32. The minimum atomic E-state index is -0.208. The van der Waals surface area contributed by atoms with Crippen molar-refractivity contribution in [2.24, 2.45) is 7.05 Å². The van der Waals surface area contributed by atoms with Gasteiger partial charge in [0.05, 0.1) is 17.4 Å². The molecule has 1 aliphatic rings. The second-order valence-corrected chi connectivity index (χ2v) is 8.45. The molecule has 1 unspecified atom stereocenters. The summed E-state index contributed by atoms with van der Waals surface area (Å²) in [6, 6.07) is 17.0. The van der Waals surface area contributed by atoms with Crippen molar-refractivity contribution in [3.8, 4) is 0 Å². The Kier molecular flexibility index (Phi) is 5.78. The summed E-state index contributed by atoms with van der Waals surface area (Å²) in [5.74, 6) is 1.32. The lowest BCUT2D eigenvalue weighted by molar-refractivity contribution is 0.135. The molecule has 33 heavy (non-hydrogen) atoms. The molecule has 2 aromatic carbocycles. The number of amides is 2. The summed E-state index contributed by atoms with van der Waals surface area (Å²) in [5.41, 5.74) is 1.49. The van der Waals surface area contributed by atoms with Gasteiger partial charge in [-0.15, -0.1) is 10.2 Å². The van der Waals surface area contributed by atoms with Gasteiger partial charge >= 0.3 is 6.03 Å². The highest BCUT2D eigenvalue weighted by Crippen LogP contribution is 2.21. The average molecular weight is 446 g/mol. The molecule has 2 amide bonds. The molecular formula is C24H27N7O2. The Labute approximate surface area is 191 Å². The number of aromatic nitrogens is 4. The molecule has 0 bridgehead atoms. The minimum Gasteiger partial charge on any atom is -0.336 e. The first kappa shape index (κ1) is 21.1. The number of anilines is 1. The van der Waals surface area contributed by atoms with E-state index >= 15 is 0 Å². The average Bonchev–Trinajstić information content (AvgIpc) is 3.26. The summed E-state index contributed by atoms with van der Waals surface area (Å²) in [6.07, 6.45) is 3.23.